The van der Waals surface area contributed by atoms with Crippen LogP contribution in [0, 0.1) is 0 Å². The SMILES string of the molecule is NCC/C=C1/CCCOCC1. The van der Waals surface area contributed by atoms with Gasteiger partial charge < -0.3 is 10.5 Å². The first-order chi connectivity index (χ1) is 5.43. The van der Waals surface area contributed by atoms with E-state index in [0.29, 0.717) is 0 Å². The van der Waals surface area contributed by atoms with E-state index in [0.717, 1.165) is 32.6 Å². The van der Waals surface area contributed by atoms with Crippen LogP contribution >= 0.6 is 0 Å². The van der Waals surface area contributed by atoms with Crippen LogP contribution in [-0.4, -0.2) is 19.8 Å². The molecule has 1 aliphatic heterocycles. The van der Waals surface area contributed by atoms with Crippen molar-refractivity contribution in [1.82, 2.24) is 0 Å². The molecule has 0 aromatic rings. The lowest BCUT2D eigenvalue weighted by atomic mass is 10.1. The topological polar surface area (TPSA) is 35.2 Å². The van der Waals surface area contributed by atoms with Crippen molar-refractivity contribution < 1.29 is 4.74 Å². The van der Waals surface area contributed by atoms with Crippen molar-refractivity contribution in [2.45, 2.75) is 25.7 Å². The summed E-state index contributed by atoms with van der Waals surface area (Å²) in [6.45, 7) is 2.60. The first-order valence-corrected chi connectivity index (χ1v) is 4.39. The Labute approximate surface area is 68.4 Å². The maximum atomic E-state index is 5.41. The quantitative estimate of drug-likeness (QED) is 0.613. The zero-order valence-electron chi connectivity index (χ0n) is 7.01. The lowest BCUT2D eigenvalue weighted by molar-refractivity contribution is 0.146. The highest BCUT2D eigenvalue weighted by molar-refractivity contribution is 5.02. The van der Waals surface area contributed by atoms with Crippen LogP contribution in [0.2, 0.25) is 0 Å². The number of nitrogens with two attached hydrogens (primary N) is 1. The monoisotopic (exact) mass is 155 g/mol. The lowest BCUT2D eigenvalue weighted by Crippen LogP contribution is -1.97. The molecule has 0 unspecified atom stereocenters. The highest BCUT2D eigenvalue weighted by Gasteiger charge is 2.02. The van der Waals surface area contributed by atoms with Crippen molar-refractivity contribution in [1.29, 1.82) is 0 Å². The average Bonchev–Trinajstić information content (AvgIpc) is 2.28. The Morgan fingerprint density at radius 1 is 1.36 bits per heavy atom. The number of rotatable bonds is 2. The van der Waals surface area contributed by atoms with E-state index in [1.807, 2.05) is 0 Å². The van der Waals surface area contributed by atoms with Crippen LogP contribution in [0.5, 0.6) is 0 Å². The smallest absolute Gasteiger partial charge is 0.0503 e. The molecule has 0 aromatic carbocycles. The summed E-state index contributed by atoms with van der Waals surface area (Å²) in [6.07, 6.45) is 6.79. The predicted molar refractivity (Wildman–Crippen MR) is 46.4 cm³/mol. The maximum absolute atomic E-state index is 5.41. The van der Waals surface area contributed by atoms with E-state index in [4.69, 9.17) is 10.5 Å². The van der Waals surface area contributed by atoms with E-state index in [1.165, 1.54) is 18.4 Å². The van der Waals surface area contributed by atoms with Gasteiger partial charge in [-0.2, -0.15) is 0 Å². The van der Waals surface area contributed by atoms with Crippen molar-refractivity contribution in [3.8, 4) is 0 Å². The molecule has 0 amide bonds. The van der Waals surface area contributed by atoms with Gasteiger partial charge >= 0.3 is 0 Å². The molecular weight excluding hydrogens is 138 g/mol. The van der Waals surface area contributed by atoms with Crippen molar-refractivity contribution in [3.05, 3.63) is 11.6 Å². The summed E-state index contributed by atoms with van der Waals surface area (Å²) in [5.41, 5.74) is 6.94. The Hall–Kier alpha value is -0.340. The van der Waals surface area contributed by atoms with Gasteiger partial charge in [0.05, 0.1) is 6.61 Å². The van der Waals surface area contributed by atoms with Crippen LogP contribution in [0.25, 0.3) is 0 Å². The molecule has 0 atom stereocenters. The minimum Gasteiger partial charge on any atom is -0.381 e. The molecule has 0 saturated carbocycles. The summed E-state index contributed by atoms with van der Waals surface area (Å²) >= 11 is 0. The second-order valence-corrected chi connectivity index (χ2v) is 2.91. The van der Waals surface area contributed by atoms with Gasteiger partial charge in [0.1, 0.15) is 0 Å². The van der Waals surface area contributed by atoms with E-state index in [-0.39, 0.29) is 0 Å². The van der Waals surface area contributed by atoms with Gasteiger partial charge in [-0.15, -0.1) is 0 Å². The molecule has 0 spiro atoms. The predicted octanol–water partition coefficient (Wildman–Crippen LogP) is 1.46. The van der Waals surface area contributed by atoms with Crippen LogP contribution in [0.3, 0.4) is 0 Å². The van der Waals surface area contributed by atoms with E-state index in [2.05, 4.69) is 6.08 Å². The van der Waals surface area contributed by atoms with Crippen LogP contribution in [0.4, 0.5) is 0 Å². The molecular formula is C9H17NO. The number of hydrogen-bond donors (Lipinski definition) is 1. The van der Waals surface area contributed by atoms with Gasteiger partial charge in [-0.05, 0) is 32.2 Å². The van der Waals surface area contributed by atoms with Gasteiger partial charge in [0.15, 0.2) is 0 Å². The molecule has 2 nitrogen and oxygen atoms in total. The summed E-state index contributed by atoms with van der Waals surface area (Å²) in [5.74, 6) is 0. The molecule has 11 heavy (non-hydrogen) atoms. The van der Waals surface area contributed by atoms with Gasteiger partial charge in [-0.3, -0.25) is 0 Å². The highest BCUT2D eigenvalue weighted by Crippen LogP contribution is 2.14. The first-order valence-electron chi connectivity index (χ1n) is 4.39. The first kappa shape index (κ1) is 8.75. The van der Waals surface area contributed by atoms with E-state index in [9.17, 15) is 0 Å². The van der Waals surface area contributed by atoms with Gasteiger partial charge in [0.25, 0.3) is 0 Å². The van der Waals surface area contributed by atoms with Crippen LogP contribution in [0.15, 0.2) is 11.6 Å². The van der Waals surface area contributed by atoms with E-state index >= 15 is 0 Å². The van der Waals surface area contributed by atoms with Crippen molar-refractivity contribution in [3.63, 3.8) is 0 Å². The third kappa shape index (κ3) is 3.54. The lowest BCUT2D eigenvalue weighted by Gasteiger charge is -1.99. The van der Waals surface area contributed by atoms with E-state index < -0.39 is 0 Å². The Morgan fingerprint density at radius 3 is 3.09 bits per heavy atom. The highest BCUT2D eigenvalue weighted by atomic mass is 16.5. The fourth-order valence-corrected chi connectivity index (χ4v) is 1.32. The molecule has 2 heteroatoms. The molecule has 0 aliphatic carbocycles. The molecule has 2 N–H and O–H groups in total. The largest absolute Gasteiger partial charge is 0.381 e. The van der Waals surface area contributed by atoms with Gasteiger partial charge in [-0.1, -0.05) is 11.6 Å². The fraction of sp³-hybridized carbons (Fsp3) is 0.778. The second-order valence-electron chi connectivity index (χ2n) is 2.91. The standard InChI is InChI=1S/C9H17NO/c10-6-1-3-9-4-2-7-11-8-5-9/h3H,1-2,4-8,10H2/b9-3-. The summed E-state index contributed by atoms with van der Waals surface area (Å²) in [6, 6.07) is 0. The van der Waals surface area contributed by atoms with Crippen molar-refractivity contribution in [2.24, 2.45) is 5.73 Å². The molecule has 0 radical (unpaired) electrons. The van der Waals surface area contributed by atoms with Crippen LogP contribution in [0.1, 0.15) is 25.7 Å². The minimum atomic E-state index is 0.768. The second kappa shape index (κ2) is 5.33. The molecule has 0 aromatic heterocycles. The third-order valence-corrected chi connectivity index (χ3v) is 1.95. The number of ether oxygens (including phenoxy) is 1. The summed E-state index contributed by atoms with van der Waals surface area (Å²) in [4.78, 5) is 0. The average molecular weight is 155 g/mol. The molecule has 0 bridgehead atoms. The molecule has 1 aliphatic rings. The normalized spacial score (nSPS) is 23.5. The van der Waals surface area contributed by atoms with Crippen molar-refractivity contribution >= 4 is 0 Å². The summed E-state index contributed by atoms with van der Waals surface area (Å²) in [7, 11) is 0. The summed E-state index contributed by atoms with van der Waals surface area (Å²) < 4.78 is 5.33. The Kier molecular flexibility index (Phi) is 4.24. The summed E-state index contributed by atoms with van der Waals surface area (Å²) in [5, 5.41) is 0. The van der Waals surface area contributed by atoms with Gasteiger partial charge in [0.2, 0.25) is 0 Å². The Balaban J connectivity index is 2.29. The fourth-order valence-electron chi connectivity index (χ4n) is 1.32. The number of hydrogen-bond acceptors (Lipinski definition) is 2. The Bertz CT molecular complexity index is 122. The van der Waals surface area contributed by atoms with Gasteiger partial charge in [-0.25, -0.2) is 0 Å². The molecule has 1 heterocycles. The Morgan fingerprint density at radius 2 is 2.27 bits per heavy atom. The molecule has 1 saturated heterocycles. The molecule has 1 rings (SSSR count). The minimum absolute atomic E-state index is 0.768. The van der Waals surface area contributed by atoms with Crippen molar-refractivity contribution in [2.75, 3.05) is 19.8 Å². The van der Waals surface area contributed by atoms with Crippen LogP contribution in [-0.2, 0) is 4.74 Å². The molecule has 64 valence electrons. The van der Waals surface area contributed by atoms with E-state index in [1.54, 1.807) is 0 Å². The zero-order chi connectivity index (χ0) is 7.94. The zero-order valence-corrected chi connectivity index (χ0v) is 7.01. The van der Waals surface area contributed by atoms with Crippen LogP contribution < -0.4 is 5.73 Å². The maximum Gasteiger partial charge on any atom is 0.0503 e. The third-order valence-electron chi connectivity index (χ3n) is 1.95. The molecule has 1 fully saturated rings. The van der Waals surface area contributed by atoms with Gasteiger partial charge in [0, 0.05) is 6.61 Å².